The smallest absolute Gasteiger partial charge is 0.273 e. The summed E-state index contributed by atoms with van der Waals surface area (Å²) >= 11 is 3.42. The molecule has 0 unspecified atom stereocenters. The first-order valence-electron chi connectivity index (χ1n) is 10.0. The summed E-state index contributed by atoms with van der Waals surface area (Å²) in [4.78, 5) is 15.2. The maximum atomic E-state index is 12.7. The third-order valence-corrected chi connectivity index (χ3v) is 5.87. The Morgan fingerprint density at radius 3 is 2.52 bits per heavy atom. The highest BCUT2D eigenvalue weighted by Crippen LogP contribution is 2.25. The second kappa shape index (κ2) is 9.37. The van der Waals surface area contributed by atoms with Gasteiger partial charge in [0, 0.05) is 22.6 Å². The van der Waals surface area contributed by atoms with E-state index in [9.17, 15) is 4.79 Å². The monoisotopic (exact) mass is 453 g/mol. The van der Waals surface area contributed by atoms with Crippen LogP contribution in [0.25, 0.3) is 11.3 Å². The van der Waals surface area contributed by atoms with E-state index < -0.39 is 0 Å². The van der Waals surface area contributed by atoms with Gasteiger partial charge in [-0.05, 0) is 43.6 Å². The Morgan fingerprint density at radius 2 is 1.79 bits per heavy atom. The lowest BCUT2D eigenvalue weighted by Crippen LogP contribution is -2.40. The number of nitrogens with one attached hydrogen (secondary N) is 1. The molecule has 1 atom stereocenters. The van der Waals surface area contributed by atoms with Crippen LogP contribution in [0, 0.1) is 0 Å². The Balaban J connectivity index is 1.44. The van der Waals surface area contributed by atoms with Gasteiger partial charge in [-0.3, -0.25) is 9.69 Å². The van der Waals surface area contributed by atoms with Crippen LogP contribution < -0.4 is 5.32 Å². The SMILES string of the molecule is O=C(NC[C@H](c1ccccc1)N1CCCCC1)c1cc(-c2ccc(Br)cc2)on1. The third kappa shape index (κ3) is 4.95. The molecule has 5 nitrogen and oxygen atoms in total. The fraction of sp³-hybridized carbons (Fsp3) is 0.304. The highest BCUT2D eigenvalue weighted by molar-refractivity contribution is 9.10. The van der Waals surface area contributed by atoms with E-state index in [0.29, 0.717) is 18.0 Å². The van der Waals surface area contributed by atoms with Gasteiger partial charge < -0.3 is 9.84 Å². The number of benzene rings is 2. The van der Waals surface area contributed by atoms with Crippen molar-refractivity contribution in [3.8, 4) is 11.3 Å². The Morgan fingerprint density at radius 1 is 1.07 bits per heavy atom. The van der Waals surface area contributed by atoms with E-state index in [1.165, 1.54) is 24.8 Å². The average Bonchev–Trinajstić information content (AvgIpc) is 3.26. The first-order chi connectivity index (χ1) is 14.2. The van der Waals surface area contributed by atoms with E-state index in [1.807, 2.05) is 30.3 Å². The van der Waals surface area contributed by atoms with Crippen molar-refractivity contribution in [1.29, 1.82) is 0 Å². The minimum absolute atomic E-state index is 0.165. The molecule has 0 radical (unpaired) electrons. The summed E-state index contributed by atoms with van der Waals surface area (Å²) in [6.45, 7) is 2.67. The Labute approximate surface area is 179 Å². The fourth-order valence-electron chi connectivity index (χ4n) is 3.78. The molecule has 0 spiro atoms. The summed E-state index contributed by atoms with van der Waals surface area (Å²) in [6, 6.07) is 20.0. The van der Waals surface area contributed by atoms with Gasteiger partial charge in [0.15, 0.2) is 11.5 Å². The molecule has 3 aromatic rings. The molecule has 1 aliphatic heterocycles. The van der Waals surface area contributed by atoms with Crippen LogP contribution in [0.2, 0.25) is 0 Å². The molecule has 29 heavy (non-hydrogen) atoms. The molecule has 150 valence electrons. The molecule has 2 aromatic carbocycles. The standard InChI is InChI=1S/C23H24BrN3O2/c24-19-11-9-18(10-12-19)22-15-20(26-29-22)23(28)25-16-21(17-7-3-1-4-8-17)27-13-5-2-6-14-27/h1,3-4,7-12,15,21H,2,5-6,13-14,16H2,(H,25,28)/t21-/m1/s1. The average molecular weight is 454 g/mol. The first-order valence-corrected chi connectivity index (χ1v) is 10.8. The van der Waals surface area contributed by atoms with Gasteiger partial charge >= 0.3 is 0 Å². The van der Waals surface area contributed by atoms with Crippen LogP contribution in [0.15, 0.2) is 69.7 Å². The first kappa shape index (κ1) is 19.9. The van der Waals surface area contributed by atoms with E-state index in [-0.39, 0.29) is 11.9 Å². The van der Waals surface area contributed by atoms with Crippen LogP contribution in [0.3, 0.4) is 0 Å². The molecule has 0 aliphatic carbocycles. The Bertz CT molecular complexity index is 934. The van der Waals surface area contributed by atoms with Gasteiger partial charge in [0.1, 0.15) is 0 Å². The van der Waals surface area contributed by atoms with E-state index in [2.05, 4.69) is 55.6 Å². The van der Waals surface area contributed by atoms with Gasteiger partial charge in [-0.1, -0.05) is 70.0 Å². The van der Waals surface area contributed by atoms with Gasteiger partial charge in [0.2, 0.25) is 0 Å². The molecule has 1 N–H and O–H groups in total. The van der Waals surface area contributed by atoms with Crippen molar-refractivity contribution in [3.63, 3.8) is 0 Å². The van der Waals surface area contributed by atoms with Crippen molar-refractivity contribution in [3.05, 3.63) is 76.4 Å². The number of piperidine rings is 1. The molecule has 0 saturated carbocycles. The van der Waals surface area contributed by atoms with Crippen molar-refractivity contribution < 1.29 is 9.32 Å². The number of halogens is 1. The molecule has 1 fully saturated rings. The minimum Gasteiger partial charge on any atom is -0.355 e. The lowest BCUT2D eigenvalue weighted by atomic mass is 10.0. The number of nitrogens with zero attached hydrogens (tertiary/aromatic N) is 2. The summed E-state index contributed by atoms with van der Waals surface area (Å²) in [6.07, 6.45) is 3.69. The minimum atomic E-state index is -0.213. The van der Waals surface area contributed by atoms with Gasteiger partial charge in [0.25, 0.3) is 5.91 Å². The molecular weight excluding hydrogens is 430 g/mol. The number of hydrogen-bond donors (Lipinski definition) is 1. The number of aromatic nitrogens is 1. The molecule has 6 heteroatoms. The summed E-state index contributed by atoms with van der Waals surface area (Å²) in [7, 11) is 0. The van der Waals surface area contributed by atoms with Gasteiger partial charge in [-0.2, -0.15) is 0 Å². The molecule has 1 amide bonds. The van der Waals surface area contributed by atoms with Crippen LogP contribution in [-0.2, 0) is 0 Å². The van der Waals surface area contributed by atoms with Crippen molar-refractivity contribution in [1.82, 2.24) is 15.4 Å². The van der Waals surface area contributed by atoms with Crippen molar-refractivity contribution >= 4 is 21.8 Å². The lowest BCUT2D eigenvalue weighted by Gasteiger charge is -2.35. The van der Waals surface area contributed by atoms with Gasteiger partial charge in [0.05, 0.1) is 6.04 Å². The highest BCUT2D eigenvalue weighted by atomic mass is 79.9. The van der Waals surface area contributed by atoms with Crippen LogP contribution >= 0.6 is 15.9 Å². The molecule has 1 aliphatic rings. The molecular formula is C23H24BrN3O2. The number of rotatable bonds is 6. The summed E-state index contributed by atoms with van der Waals surface area (Å²) in [5.74, 6) is 0.369. The lowest BCUT2D eigenvalue weighted by molar-refractivity contribution is 0.0915. The summed E-state index contributed by atoms with van der Waals surface area (Å²) < 4.78 is 6.37. The molecule has 1 aromatic heterocycles. The van der Waals surface area contributed by atoms with Gasteiger partial charge in [-0.15, -0.1) is 0 Å². The zero-order valence-corrected chi connectivity index (χ0v) is 17.8. The van der Waals surface area contributed by atoms with Crippen molar-refractivity contribution in [2.75, 3.05) is 19.6 Å². The largest absolute Gasteiger partial charge is 0.355 e. The maximum absolute atomic E-state index is 12.7. The Hall–Kier alpha value is -2.44. The topological polar surface area (TPSA) is 58.4 Å². The number of amides is 1. The van der Waals surface area contributed by atoms with E-state index in [0.717, 1.165) is 23.1 Å². The number of likely N-dealkylation sites (tertiary alicyclic amines) is 1. The van der Waals surface area contributed by atoms with Gasteiger partial charge in [-0.25, -0.2) is 0 Å². The second-order valence-corrected chi connectivity index (χ2v) is 8.23. The molecule has 1 saturated heterocycles. The Kier molecular flexibility index (Phi) is 6.42. The van der Waals surface area contributed by atoms with Crippen LogP contribution in [0.5, 0.6) is 0 Å². The van der Waals surface area contributed by atoms with E-state index >= 15 is 0 Å². The van der Waals surface area contributed by atoms with Crippen LogP contribution in [-0.4, -0.2) is 35.6 Å². The predicted octanol–water partition coefficient (Wildman–Crippen LogP) is 5.06. The highest BCUT2D eigenvalue weighted by Gasteiger charge is 2.23. The zero-order valence-electron chi connectivity index (χ0n) is 16.2. The quantitative estimate of drug-likeness (QED) is 0.566. The third-order valence-electron chi connectivity index (χ3n) is 5.34. The maximum Gasteiger partial charge on any atom is 0.273 e. The number of hydrogen-bond acceptors (Lipinski definition) is 4. The van der Waals surface area contributed by atoms with Crippen LogP contribution in [0.4, 0.5) is 0 Å². The summed E-state index contributed by atoms with van der Waals surface area (Å²) in [5.41, 5.74) is 2.41. The van der Waals surface area contributed by atoms with Crippen molar-refractivity contribution in [2.24, 2.45) is 0 Å². The van der Waals surface area contributed by atoms with E-state index in [4.69, 9.17) is 4.52 Å². The number of carbonyl (C=O) groups excluding carboxylic acids is 1. The summed E-state index contributed by atoms with van der Waals surface area (Å²) in [5, 5.41) is 7.02. The van der Waals surface area contributed by atoms with E-state index in [1.54, 1.807) is 6.07 Å². The zero-order chi connectivity index (χ0) is 20.1. The molecule has 0 bridgehead atoms. The predicted molar refractivity (Wildman–Crippen MR) is 117 cm³/mol. The normalized spacial score (nSPS) is 15.8. The number of carbonyl (C=O) groups is 1. The fourth-order valence-corrected chi connectivity index (χ4v) is 4.04. The molecule has 2 heterocycles. The second-order valence-electron chi connectivity index (χ2n) is 7.32. The van der Waals surface area contributed by atoms with Crippen molar-refractivity contribution in [2.45, 2.75) is 25.3 Å². The van der Waals surface area contributed by atoms with Crippen LogP contribution in [0.1, 0.15) is 41.4 Å². The molecule has 4 rings (SSSR count).